The Kier molecular flexibility index (Phi) is 2.45. The molecule has 1 radical (unpaired) electrons. The Bertz CT molecular complexity index is 258. The van der Waals surface area contributed by atoms with Gasteiger partial charge in [0, 0.05) is 10.6 Å². The fourth-order valence-corrected chi connectivity index (χ4v) is 1.03. The van der Waals surface area contributed by atoms with Gasteiger partial charge in [-0.25, -0.2) is 8.78 Å². The van der Waals surface area contributed by atoms with Crippen LogP contribution in [-0.4, -0.2) is 0 Å². The second kappa shape index (κ2) is 3.18. The van der Waals surface area contributed by atoms with Crippen LogP contribution < -0.4 is 0 Å². The molecule has 0 atom stereocenters. The van der Waals surface area contributed by atoms with Gasteiger partial charge in [0.15, 0.2) is 0 Å². The number of rotatable bonds is 1. The maximum Gasteiger partial charge on any atom is 0.265 e. The fourth-order valence-electron chi connectivity index (χ4n) is 0.748. The van der Waals surface area contributed by atoms with E-state index in [4.69, 9.17) is 11.6 Å². The Morgan fingerprint density at radius 1 is 1.36 bits per heavy atom. The minimum Gasteiger partial charge on any atom is -0.205 e. The molecule has 0 N–H and O–H groups in total. The first-order chi connectivity index (χ1) is 5.11. The highest BCUT2D eigenvalue weighted by atomic mass is 35.5. The van der Waals surface area contributed by atoms with Crippen LogP contribution in [0.15, 0.2) is 18.2 Å². The summed E-state index contributed by atoms with van der Waals surface area (Å²) in [5.41, 5.74) is 0.499. The van der Waals surface area contributed by atoms with Crippen LogP contribution in [0.3, 0.4) is 0 Å². The van der Waals surface area contributed by atoms with Gasteiger partial charge in [-0.3, -0.25) is 0 Å². The molecule has 59 valence electrons. The van der Waals surface area contributed by atoms with Crippen LogP contribution in [-0.2, 0) is 0 Å². The fraction of sp³-hybridized carbons (Fsp3) is 0.125. The van der Waals surface area contributed by atoms with Gasteiger partial charge in [0.2, 0.25) is 0 Å². The second-order valence-electron chi connectivity index (χ2n) is 2.16. The Balaban J connectivity index is 3.09. The van der Waals surface area contributed by atoms with E-state index < -0.39 is 6.43 Å². The molecule has 0 spiro atoms. The van der Waals surface area contributed by atoms with Gasteiger partial charge >= 0.3 is 0 Å². The zero-order valence-electron chi connectivity index (χ0n) is 5.65. The second-order valence-corrected chi connectivity index (χ2v) is 2.56. The predicted octanol–water partition coefficient (Wildman–Crippen LogP) is 3.46. The maximum atomic E-state index is 12.1. The molecule has 0 heterocycles. The van der Waals surface area contributed by atoms with Crippen molar-refractivity contribution in [3.05, 3.63) is 41.3 Å². The molecule has 0 bridgehead atoms. The van der Waals surface area contributed by atoms with Crippen molar-refractivity contribution in [2.24, 2.45) is 0 Å². The molecule has 0 aliphatic heterocycles. The molecule has 0 aromatic heterocycles. The quantitative estimate of drug-likeness (QED) is 0.613. The van der Waals surface area contributed by atoms with Crippen molar-refractivity contribution in [1.82, 2.24) is 0 Å². The van der Waals surface area contributed by atoms with Crippen LogP contribution in [0.4, 0.5) is 8.78 Å². The van der Waals surface area contributed by atoms with Crippen LogP contribution in [0.2, 0.25) is 5.02 Å². The zero-order valence-corrected chi connectivity index (χ0v) is 6.41. The van der Waals surface area contributed by atoms with Gasteiger partial charge in [-0.2, -0.15) is 0 Å². The Morgan fingerprint density at radius 2 is 2.00 bits per heavy atom. The summed E-state index contributed by atoms with van der Waals surface area (Å²) in [5, 5.41) is 0.0764. The normalized spacial score (nSPS) is 10.6. The lowest BCUT2D eigenvalue weighted by molar-refractivity contribution is 0.151. The molecule has 1 rings (SSSR count). The monoisotopic (exact) mass is 175 g/mol. The average molecular weight is 176 g/mol. The van der Waals surface area contributed by atoms with E-state index in [1.54, 1.807) is 0 Å². The molecular formula is C8H6ClF2. The highest BCUT2D eigenvalue weighted by Gasteiger charge is 2.10. The van der Waals surface area contributed by atoms with E-state index >= 15 is 0 Å². The van der Waals surface area contributed by atoms with Crippen LogP contribution in [0.25, 0.3) is 0 Å². The lowest BCUT2D eigenvalue weighted by Gasteiger charge is -2.02. The molecule has 1 aromatic carbocycles. The molecule has 11 heavy (non-hydrogen) atoms. The highest BCUT2D eigenvalue weighted by molar-refractivity contribution is 6.31. The summed E-state index contributed by atoms with van der Waals surface area (Å²) in [6, 6.07) is 4.21. The molecule has 0 saturated heterocycles. The smallest absolute Gasteiger partial charge is 0.205 e. The number of halogens is 3. The zero-order chi connectivity index (χ0) is 8.43. The van der Waals surface area contributed by atoms with Gasteiger partial charge in [0.25, 0.3) is 6.43 Å². The number of benzene rings is 1. The third kappa shape index (κ3) is 1.90. The summed E-state index contributed by atoms with van der Waals surface area (Å²) in [6.07, 6.45) is -2.51. The van der Waals surface area contributed by atoms with Gasteiger partial charge in [-0.05, 0) is 18.6 Å². The SMILES string of the molecule is [CH2]c1ccc(C(F)F)c(Cl)c1. The molecule has 0 aliphatic rings. The van der Waals surface area contributed by atoms with Gasteiger partial charge in [0.1, 0.15) is 0 Å². The van der Waals surface area contributed by atoms with Crippen LogP contribution in [0, 0.1) is 6.92 Å². The van der Waals surface area contributed by atoms with E-state index in [1.807, 2.05) is 0 Å². The summed E-state index contributed by atoms with van der Waals surface area (Å²) in [6.45, 7) is 3.55. The number of alkyl halides is 2. The Labute approximate surface area is 68.8 Å². The molecule has 3 heteroatoms. The van der Waals surface area contributed by atoms with E-state index in [1.165, 1.54) is 18.2 Å². The van der Waals surface area contributed by atoms with E-state index in [9.17, 15) is 8.78 Å². The first kappa shape index (κ1) is 8.47. The molecule has 0 unspecified atom stereocenters. The third-order valence-corrected chi connectivity index (χ3v) is 1.63. The van der Waals surface area contributed by atoms with Gasteiger partial charge in [-0.15, -0.1) is 0 Å². The summed E-state index contributed by atoms with van der Waals surface area (Å²) in [5.74, 6) is 0. The average Bonchev–Trinajstić information content (AvgIpc) is 1.85. The lowest BCUT2D eigenvalue weighted by Crippen LogP contribution is -1.85. The topological polar surface area (TPSA) is 0 Å². The molecule has 0 saturated carbocycles. The van der Waals surface area contributed by atoms with Crippen LogP contribution >= 0.6 is 11.6 Å². The van der Waals surface area contributed by atoms with Crippen LogP contribution in [0.5, 0.6) is 0 Å². The summed E-state index contributed by atoms with van der Waals surface area (Å²) in [4.78, 5) is 0. The Morgan fingerprint density at radius 3 is 2.45 bits per heavy atom. The first-order valence-corrected chi connectivity index (χ1v) is 3.38. The van der Waals surface area contributed by atoms with E-state index in [-0.39, 0.29) is 10.6 Å². The largest absolute Gasteiger partial charge is 0.265 e. The van der Waals surface area contributed by atoms with Crippen molar-refractivity contribution in [3.8, 4) is 0 Å². The highest BCUT2D eigenvalue weighted by Crippen LogP contribution is 2.27. The maximum absolute atomic E-state index is 12.1. The van der Waals surface area contributed by atoms with E-state index in [0.29, 0.717) is 5.56 Å². The van der Waals surface area contributed by atoms with Crippen molar-refractivity contribution >= 4 is 11.6 Å². The van der Waals surface area contributed by atoms with Crippen molar-refractivity contribution in [1.29, 1.82) is 0 Å². The van der Waals surface area contributed by atoms with Crippen molar-refractivity contribution in [2.75, 3.05) is 0 Å². The first-order valence-electron chi connectivity index (χ1n) is 3.01. The molecule has 0 amide bonds. The van der Waals surface area contributed by atoms with Crippen molar-refractivity contribution < 1.29 is 8.78 Å². The Hall–Kier alpha value is -0.630. The van der Waals surface area contributed by atoms with E-state index in [2.05, 4.69) is 6.92 Å². The molecule has 0 aliphatic carbocycles. The van der Waals surface area contributed by atoms with Gasteiger partial charge < -0.3 is 0 Å². The molecule has 1 aromatic rings. The van der Waals surface area contributed by atoms with Crippen LogP contribution in [0.1, 0.15) is 17.6 Å². The molecular weight excluding hydrogens is 170 g/mol. The number of hydrogen-bond donors (Lipinski definition) is 0. The minimum absolute atomic E-state index is 0.0764. The minimum atomic E-state index is -2.51. The molecule has 0 nitrogen and oxygen atoms in total. The number of hydrogen-bond acceptors (Lipinski definition) is 0. The summed E-state index contributed by atoms with van der Waals surface area (Å²) < 4.78 is 24.1. The summed E-state index contributed by atoms with van der Waals surface area (Å²) in [7, 11) is 0. The van der Waals surface area contributed by atoms with Crippen molar-refractivity contribution in [2.45, 2.75) is 6.43 Å². The van der Waals surface area contributed by atoms with E-state index in [0.717, 1.165) is 0 Å². The predicted molar refractivity (Wildman–Crippen MR) is 40.9 cm³/mol. The van der Waals surface area contributed by atoms with Crippen molar-refractivity contribution in [3.63, 3.8) is 0 Å². The third-order valence-electron chi connectivity index (χ3n) is 1.30. The van der Waals surface area contributed by atoms with Gasteiger partial charge in [-0.1, -0.05) is 23.7 Å². The summed E-state index contributed by atoms with van der Waals surface area (Å²) >= 11 is 5.50. The lowest BCUT2D eigenvalue weighted by atomic mass is 10.1. The molecule has 0 fully saturated rings. The standard InChI is InChI=1S/C8H6ClF2/c1-5-2-3-6(8(10)11)7(9)4-5/h2-4,8H,1H2. The van der Waals surface area contributed by atoms with Gasteiger partial charge in [0.05, 0.1) is 0 Å².